The summed E-state index contributed by atoms with van der Waals surface area (Å²) >= 11 is 6.05. The standard InChI is InChI=1S/C25H20ClF2N5O4/c1-36-9-3-4-15-11-19-22(23(30-15)37-2)24(34)33(21-13-29-20-10-14(27)7-8-31(20)21)25(35)32(19)16-5-6-18(28)17(26)12-16/h5-8,10-13H,3-4,9H2,1-2H3. The molecule has 0 spiro atoms. The van der Waals surface area contributed by atoms with Gasteiger partial charge in [-0.2, -0.15) is 0 Å². The molecule has 4 heterocycles. The molecule has 0 aliphatic heterocycles. The van der Waals surface area contributed by atoms with Crippen LogP contribution >= 0.6 is 11.6 Å². The molecule has 0 unspecified atom stereocenters. The van der Waals surface area contributed by atoms with Gasteiger partial charge in [0, 0.05) is 31.7 Å². The van der Waals surface area contributed by atoms with Crippen LogP contribution in [0.4, 0.5) is 8.78 Å². The van der Waals surface area contributed by atoms with E-state index < -0.39 is 22.9 Å². The highest BCUT2D eigenvalue weighted by Crippen LogP contribution is 2.26. The fraction of sp³-hybridized carbons (Fsp3) is 0.200. The van der Waals surface area contributed by atoms with Gasteiger partial charge >= 0.3 is 5.69 Å². The molecule has 0 radical (unpaired) electrons. The zero-order chi connectivity index (χ0) is 26.3. The summed E-state index contributed by atoms with van der Waals surface area (Å²) < 4.78 is 41.9. The van der Waals surface area contributed by atoms with Gasteiger partial charge in [0.15, 0.2) is 0 Å². The number of ether oxygens (including phenoxy) is 2. The fourth-order valence-corrected chi connectivity index (χ4v) is 4.37. The summed E-state index contributed by atoms with van der Waals surface area (Å²) in [6, 6.07) is 7.74. The molecule has 0 aliphatic rings. The van der Waals surface area contributed by atoms with E-state index in [2.05, 4.69) is 9.97 Å². The third kappa shape index (κ3) is 4.25. The second-order valence-corrected chi connectivity index (χ2v) is 8.57. The van der Waals surface area contributed by atoms with E-state index in [0.29, 0.717) is 25.1 Å². The number of halogens is 3. The molecule has 4 aromatic heterocycles. The molecule has 37 heavy (non-hydrogen) atoms. The summed E-state index contributed by atoms with van der Waals surface area (Å²) in [4.78, 5) is 36.4. The van der Waals surface area contributed by atoms with Crippen molar-refractivity contribution in [1.82, 2.24) is 23.5 Å². The molecule has 0 amide bonds. The van der Waals surface area contributed by atoms with Crippen molar-refractivity contribution < 1.29 is 18.3 Å². The van der Waals surface area contributed by atoms with Crippen molar-refractivity contribution in [3.05, 3.63) is 92.0 Å². The van der Waals surface area contributed by atoms with E-state index in [1.807, 2.05) is 0 Å². The van der Waals surface area contributed by atoms with Gasteiger partial charge in [-0.1, -0.05) is 11.6 Å². The lowest BCUT2D eigenvalue weighted by atomic mass is 10.1. The molecule has 5 aromatic rings. The van der Waals surface area contributed by atoms with Gasteiger partial charge in [-0.15, -0.1) is 0 Å². The molecule has 190 valence electrons. The molecule has 9 nitrogen and oxygen atoms in total. The molecule has 0 atom stereocenters. The first-order chi connectivity index (χ1) is 17.8. The quantitative estimate of drug-likeness (QED) is 0.300. The number of hydrogen-bond acceptors (Lipinski definition) is 6. The fourth-order valence-electron chi connectivity index (χ4n) is 4.19. The summed E-state index contributed by atoms with van der Waals surface area (Å²) in [6.07, 6.45) is 3.77. The van der Waals surface area contributed by atoms with Crippen LogP contribution < -0.4 is 16.0 Å². The highest BCUT2D eigenvalue weighted by atomic mass is 35.5. The van der Waals surface area contributed by atoms with Gasteiger partial charge in [0.1, 0.15) is 28.5 Å². The lowest BCUT2D eigenvalue weighted by molar-refractivity contribution is 0.195. The molecule has 1 aromatic carbocycles. The first kappa shape index (κ1) is 24.6. The Morgan fingerprint density at radius 3 is 2.59 bits per heavy atom. The van der Waals surface area contributed by atoms with Crippen molar-refractivity contribution in [3.8, 4) is 17.4 Å². The Kier molecular flexibility index (Phi) is 6.48. The zero-order valence-electron chi connectivity index (χ0n) is 19.7. The molecule has 0 bridgehead atoms. The summed E-state index contributed by atoms with van der Waals surface area (Å²) in [6.45, 7) is 0.485. The normalized spacial score (nSPS) is 11.5. The molecular weight excluding hydrogens is 508 g/mol. The molecule has 0 aliphatic carbocycles. The first-order valence-electron chi connectivity index (χ1n) is 11.2. The van der Waals surface area contributed by atoms with Gasteiger partial charge < -0.3 is 9.47 Å². The van der Waals surface area contributed by atoms with E-state index in [1.165, 1.54) is 52.7 Å². The van der Waals surface area contributed by atoms with Crippen molar-refractivity contribution in [2.45, 2.75) is 12.8 Å². The average Bonchev–Trinajstić information content (AvgIpc) is 3.28. The minimum absolute atomic E-state index is 0.00508. The Bertz CT molecular complexity index is 1780. The Hall–Kier alpha value is -4.09. The maximum atomic E-state index is 14.0. The van der Waals surface area contributed by atoms with Gasteiger partial charge in [0.05, 0.1) is 29.5 Å². The highest BCUT2D eigenvalue weighted by molar-refractivity contribution is 6.30. The number of rotatable bonds is 7. The Morgan fingerprint density at radius 1 is 1.05 bits per heavy atom. The molecular formula is C25H20ClF2N5O4. The number of imidazole rings is 1. The monoisotopic (exact) mass is 527 g/mol. The maximum absolute atomic E-state index is 14.0. The van der Waals surface area contributed by atoms with Crippen LogP contribution in [0.15, 0.2) is 58.4 Å². The van der Waals surface area contributed by atoms with E-state index in [0.717, 1.165) is 10.6 Å². The topological polar surface area (TPSA) is 92.7 Å². The van der Waals surface area contributed by atoms with Crippen LogP contribution in [0.1, 0.15) is 12.1 Å². The van der Waals surface area contributed by atoms with Crippen LogP contribution in [0.2, 0.25) is 5.02 Å². The van der Waals surface area contributed by atoms with Crippen molar-refractivity contribution in [2.75, 3.05) is 20.8 Å². The van der Waals surface area contributed by atoms with Gasteiger partial charge in [-0.3, -0.25) is 13.8 Å². The predicted octanol–water partition coefficient (Wildman–Crippen LogP) is 3.70. The first-order valence-corrected chi connectivity index (χ1v) is 11.5. The van der Waals surface area contributed by atoms with E-state index >= 15 is 0 Å². The molecule has 5 rings (SSSR count). The third-order valence-corrected chi connectivity index (χ3v) is 6.17. The number of aromatic nitrogens is 5. The van der Waals surface area contributed by atoms with Crippen LogP contribution in [0, 0.1) is 11.6 Å². The van der Waals surface area contributed by atoms with Crippen LogP contribution in [0.3, 0.4) is 0 Å². The second-order valence-electron chi connectivity index (χ2n) is 8.16. The Labute approximate surface area is 213 Å². The minimum atomic E-state index is -0.776. The summed E-state index contributed by atoms with van der Waals surface area (Å²) in [5.74, 6) is -1.12. The number of hydrogen-bond donors (Lipinski definition) is 0. The number of nitrogens with zero attached hydrogens (tertiary/aromatic N) is 5. The van der Waals surface area contributed by atoms with Crippen LogP contribution in [0.25, 0.3) is 28.1 Å². The lowest BCUT2D eigenvalue weighted by Crippen LogP contribution is -2.39. The molecule has 0 fully saturated rings. The van der Waals surface area contributed by atoms with Crippen molar-refractivity contribution in [2.24, 2.45) is 0 Å². The van der Waals surface area contributed by atoms with E-state index in [-0.39, 0.29) is 39.0 Å². The van der Waals surface area contributed by atoms with Crippen LogP contribution in [-0.2, 0) is 11.2 Å². The molecule has 0 N–H and O–H groups in total. The van der Waals surface area contributed by atoms with Gasteiger partial charge in [-0.05, 0) is 43.2 Å². The van der Waals surface area contributed by atoms with Crippen molar-refractivity contribution >= 4 is 28.2 Å². The predicted molar refractivity (Wildman–Crippen MR) is 133 cm³/mol. The molecule has 0 saturated heterocycles. The zero-order valence-corrected chi connectivity index (χ0v) is 20.5. The lowest BCUT2D eigenvalue weighted by Gasteiger charge is -2.17. The van der Waals surface area contributed by atoms with E-state index in [9.17, 15) is 18.4 Å². The number of methoxy groups -OCH3 is 2. The van der Waals surface area contributed by atoms with Crippen molar-refractivity contribution in [1.29, 1.82) is 0 Å². The maximum Gasteiger partial charge on any atom is 0.342 e. The summed E-state index contributed by atoms with van der Waals surface area (Å²) in [5.41, 5.74) is -0.327. The summed E-state index contributed by atoms with van der Waals surface area (Å²) in [5, 5.41) is -0.197. The summed E-state index contributed by atoms with van der Waals surface area (Å²) in [7, 11) is 2.95. The average molecular weight is 528 g/mol. The Balaban J connectivity index is 1.90. The molecule has 0 saturated carbocycles. The van der Waals surface area contributed by atoms with Crippen LogP contribution in [0.5, 0.6) is 5.88 Å². The van der Waals surface area contributed by atoms with Crippen molar-refractivity contribution in [3.63, 3.8) is 0 Å². The van der Waals surface area contributed by atoms with E-state index in [1.54, 1.807) is 13.2 Å². The number of pyridine rings is 2. The smallest absolute Gasteiger partial charge is 0.342 e. The largest absolute Gasteiger partial charge is 0.480 e. The SMILES string of the molecule is COCCCc1cc2c(c(OC)n1)c(=O)n(-c1cnc3cc(F)ccn13)c(=O)n2-c1ccc(F)c(Cl)c1. The number of aryl methyl sites for hydroxylation is 1. The highest BCUT2D eigenvalue weighted by Gasteiger charge is 2.23. The van der Waals surface area contributed by atoms with Gasteiger partial charge in [0.2, 0.25) is 5.88 Å². The number of benzene rings is 1. The van der Waals surface area contributed by atoms with Gasteiger partial charge in [0.25, 0.3) is 5.56 Å². The van der Waals surface area contributed by atoms with E-state index in [4.69, 9.17) is 21.1 Å². The molecule has 12 heteroatoms. The Morgan fingerprint density at radius 2 is 1.86 bits per heavy atom. The number of fused-ring (bicyclic) bond motifs is 2. The minimum Gasteiger partial charge on any atom is -0.480 e. The van der Waals surface area contributed by atoms with Gasteiger partial charge in [-0.25, -0.2) is 28.1 Å². The van der Waals surface area contributed by atoms with Crippen LogP contribution in [-0.4, -0.2) is 44.3 Å². The second kappa shape index (κ2) is 9.75. The third-order valence-electron chi connectivity index (χ3n) is 5.88.